The van der Waals surface area contributed by atoms with Crippen molar-refractivity contribution in [1.82, 2.24) is 4.57 Å². The van der Waals surface area contributed by atoms with E-state index in [2.05, 4.69) is 18.1 Å². The molecular weight excluding hydrogens is 303 g/mol. The summed E-state index contributed by atoms with van der Waals surface area (Å²) >= 11 is 0. The van der Waals surface area contributed by atoms with E-state index in [9.17, 15) is 9.18 Å². The number of unbranched alkanes of at least 4 members (excludes halogenated alkanes) is 2. The average molecular weight is 328 g/mol. The zero-order valence-corrected chi connectivity index (χ0v) is 14.4. The molecule has 0 aliphatic heterocycles. The van der Waals surface area contributed by atoms with Crippen molar-refractivity contribution >= 4 is 5.91 Å². The molecule has 2 aromatic rings. The number of hydrogen-bond donors (Lipinski definition) is 1. The fourth-order valence-corrected chi connectivity index (χ4v) is 3.23. The Balaban J connectivity index is 2.69. The van der Waals surface area contributed by atoms with Crippen LogP contribution in [0, 0.1) is 12.7 Å². The SMILES string of the molecule is C=CCn1c(C)c(C(N)=O)c(-c2cccc(F)c2)c1CCCCC. The number of nitrogens with two attached hydrogens (primary N) is 1. The minimum Gasteiger partial charge on any atom is -0.366 e. The molecule has 2 N–H and O–H groups in total. The van der Waals surface area contributed by atoms with Crippen LogP contribution in [0.2, 0.25) is 0 Å². The Labute approximate surface area is 143 Å². The number of rotatable bonds is 8. The largest absolute Gasteiger partial charge is 0.366 e. The predicted octanol–water partition coefficient (Wildman–Crippen LogP) is 4.62. The van der Waals surface area contributed by atoms with Crippen LogP contribution in [-0.4, -0.2) is 10.5 Å². The molecule has 0 aliphatic rings. The lowest BCUT2D eigenvalue weighted by Crippen LogP contribution is -2.13. The molecule has 0 saturated heterocycles. The minimum absolute atomic E-state index is 0.323. The van der Waals surface area contributed by atoms with Crippen molar-refractivity contribution < 1.29 is 9.18 Å². The first kappa shape index (κ1) is 18.0. The molecule has 4 heteroatoms. The van der Waals surface area contributed by atoms with Crippen LogP contribution in [0.3, 0.4) is 0 Å². The van der Waals surface area contributed by atoms with Crippen LogP contribution in [0.25, 0.3) is 11.1 Å². The fraction of sp³-hybridized carbons (Fsp3) is 0.350. The number of carbonyl (C=O) groups is 1. The Morgan fingerprint density at radius 1 is 1.38 bits per heavy atom. The summed E-state index contributed by atoms with van der Waals surface area (Å²) in [5, 5.41) is 0. The van der Waals surface area contributed by atoms with Gasteiger partial charge in [0.05, 0.1) is 5.56 Å². The molecule has 0 saturated carbocycles. The van der Waals surface area contributed by atoms with Gasteiger partial charge in [-0.1, -0.05) is 38.0 Å². The van der Waals surface area contributed by atoms with Gasteiger partial charge in [0.1, 0.15) is 5.82 Å². The highest BCUT2D eigenvalue weighted by atomic mass is 19.1. The topological polar surface area (TPSA) is 48.0 Å². The number of allylic oxidation sites excluding steroid dienone is 1. The molecule has 3 nitrogen and oxygen atoms in total. The van der Waals surface area contributed by atoms with Gasteiger partial charge < -0.3 is 10.3 Å². The maximum Gasteiger partial charge on any atom is 0.251 e. The molecule has 0 radical (unpaired) electrons. The molecule has 2 rings (SSSR count). The van der Waals surface area contributed by atoms with Crippen LogP contribution < -0.4 is 5.73 Å². The third kappa shape index (κ3) is 3.58. The van der Waals surface area contributed by atoms with Crippen molar-refractivity contribution in [2.75, 3.05) is 0 Å². The number of aromatic nitrogens is 1. The van der Waals surface area contributed by atoms with E-state index >= 15 is 0 Å². The van der Waals surface area contributed by atoms with Gasteiger partial charge in [-0.15, -0.1) is 6.58 Å². The summed E-state index contributed by atoms with van der Waals surface area (Å²) in [6.45, 7) is 8.44. The lowest BCUT2D eigenvalue weighted by molar-refractivity contribution is 0.1000. The quantitative estimate of drug-likeness (QED) is 0.558. The lowest BCUT2D eigenvalue weighted by atomic mass is 9.97. The number of amides is 1. The van der Waals surface area contributed by atoms with E-state index in [1.54, 1.807) is 12.1 Å². The summed E-state index contributed by atoms with van der Waals surface area (Å²) in [7, 11) is 0. The molecule has 1 aromatic carbocycles. The molecule has 0 atom stereocenters. The smallest absolute Gasteiger partial charge is 0.251 e. The van der Waals surface area contributed by atoms with Crippen LogP contribution in [0.4, 0.5) is 4.39 Å². The van der Waals surface area contributed by atoms with Crippen LogP contribution >= 0.6 is 0 Å². The zero-order valence-electron chi connectivity index (χ0n) is 14.4. The van der Waals surface area contributed by atoms with E-state index in [1.807, 2.05) is 13.0 Å². The van der Waals surface area contributed by atoms with Gasteiger partial charge in [0.25, 0.3) is 5.91 Å². The third-order valence-corrected chi connectivity index (χ3v) is 4.32. The molecule has 1 aromatic heterocycles. The van der Waals surface area contributed by atoms with E-state index in [0.717, 1.165) is 42.6 Å². The second-order valence-corrected chi connectivity index (χ2v) is 6.01. The van der Waals surface area contributed by atoms with Gasteiger partial charge in [-0.25, -0.2) is 4.39 Å². The van der Waals surface area contributed by atoms with Crippen LogP contribution in [-0.2, 0) is 13.0 Å². The number of benzene rings is 1. The lowest BCUT2D eigenvalue weighted by Gasteiger charge is -2.11. The van der Waals surface area contributed by atoms with Crippen molar-refractivity contribution in [3.63, 3.8) is 0 Å². The molecule has 1 amide bonds. The first-order valence-corrected chi connectivity index (χ1v) is 8.39. The average Bonchev–Trinajstić information content (AvgIpc) is 2.81. The Hall–Kier alpha value is -2.36. The summed E-state index contributed by atoms with van der Waals surface area (Å²) < 4.78 is 15.8. The fourth-order valence-electron chi connectivity index (χ4n) is 3.23. The molecule has 0 aliphatic carbocycles. The molecule has 0 unspecified atom stereocenters. The molecule has 1 heterocycles. The van der Waals surface area contributed by atoms with E-state index in [4.69, 9.17) is 5.73 Å². The Bertz CT molecular complexity index is 746. The molecule has 0 bridgehead atoms. The van der Waals surface area contributed by atoms with Gasteiger partial charge in [-0.2, -0.15) is 0 Å². The summed E-state index contributed by atoms with van der Waals surface area (Å²) in [6.07, 6.45) is 5.85. The monoisotopic (exact) mass is 328 g/mol. The minimum atomic E-state index is -0.480. The van der Waals surface area contributed by atoms with Crippen LogP contribution in [0.1, 0.15) is 47.9 Å². The Morgan fingerprint density at radius 2 is 2.12 bits per heavy atom. The van der Waals surface area contributed by atoms with Gasteiger partial charge in [-0.05, 0) is 37.5 Å². The van der Waals surface area contributed by atoms with Crippen LogP contribution in [0.5, 0.6) is 0 Å². The molecule has 128 valence electrons. The maximum atomic E-state index is 13.7. The van der Waals surface area contributed by atoms with E-state index in [-0.39, 0.29) is 5.82 Å². The number of carbonyl (C=O) groups excluding carboxylic acids is 1. The standard InChI is InChI=1S/C20H25FN2O/c1-4-6-7-11-17-19(15-9-8-10-16(21)13-15)18(20(22)24)14(3)23(17)12-5-2/h5,8-10,13H,2,4,6-7,11-12H2,1,3H3,(H2,22,24). The molecular formula is C20H25FN2O. The normalized spacial score (nSPS) is 10.8. The number of primary amides is 1. The van der Waals surface area contributed by atoms with Crippen molar-refractivity contribution in [2.45, 2.75) is 46.1 Å². The highest BCUT2D eigenvalue weighted by Crippen LogP contribution is 2.34. The van der Waals surface area contributed by atoms with Gasteiger partial charge in [0, 0.05) is 23.5 Å². The number of halogens is 1. The Kier molecular flexibility index (Phi) is 5.96. The second-order valence-electron chi connectivity index (χ2n) is 6.01. The Morgan fingerprint density at radius 3 is 2.71 bits per heavy atom. The van der Waals surface area contributed by atoms with E-state index in [0.29, 0.717) is 17.7 Å². The molecule has 0 fully saturated rings. The molecule has 24 heavy (non-hydrogen) atoms. The van der Waals surface area contributed by atoms with E-state index < -0.39 is 5.91 Å². The van der Waals surface area contributed by atoms with Gasteiger partial charge in [0.15, 0.2) is 0 Å². The van der Waals surface area contributed by atoms with E-state index in [1.165, 1.54) is 12.1 Å². The highest BCUT2D eigenvalue weighted by Gasteiger charge is 2.24. The third-order valence-electron chi connectivity index (χ3n) is 4.32. The van der Waals surface area contributed by atoms with Crippen molar-refractivity contribution in [3.8, 4) is 11.1 Å². The maximum absolute atomic E-state index is 13.7. The first-order valence-electron chi connectivity index (χ1n) is 8.39. The first-order chi connectivity index (χ1) is 11.5. The molecule has 0 spiro atoms. The van der Waals surface area contributed by atoms with Crippen molar-refractivity contribution in [1.29, 1.82) is 0 Å². The predicted molar refractivity (Wildman–Crippen MR) is 96.5 cm³/mol. The van der Waals surface area contributed by atoms with Gasteiger partial charge >= 0.3 is 0 Å². The second kappa shape index (κ2) is 7.95. The van der Waals surface area contributed by atoms with Gasteiger partial charge in [0.2, 0.25) is 0 Å². The zero-order chi connectivity index (χ0) is 17.7. The van der Waals surface area contributed by atoms with Gasteiger partial charge in [-0.3, -0.25) is 4.79 Å². The van der Waals surface area contributed by atoms with Crippen molar-refractivity contribution in [2.24, 2.45) is 5.73 Å². The van der Waals surface area contributed by atoms with Crippen LogP contribution in [0.15, 0.2) is 36.9 Å². The van der Waals surface area contributed by atoms with Crippen molar-refractivity contribution in [3.05, 3.63) is 59.7 Å². The summed E-state index contributed by atoms with van der Waals surface area (Å²) in [5.74, 6) is -0.803. The summed E-state index contributed by atoms with van der Waals surface area (Å²) in [6, 6.07) is 6.35. The summed E-state index contributed by atoms with van der Waals surface area (Å²) in [4.78, 5) is 12.1. The number of hydrogen-bond acceptors (Lipinski definition) is 1. The number of nitrogens with zero attached hydrogens (tertiary/aromatic N) is 1. The highest BCUT2D eigenvalue weighted by molar-refractivity contribution is 6.02. The summed E-state index contributed by atoms with van der Waals surface area (Å²) in [5.41, 5.74) is 9.43.